The van der Waals surface area contributed by atoms with Gasteiger partial charge in [-0.1, -0.05) is 97.1 Å². The number of nitrogens with zero attached hydrogens (tertiary/aromatic N) is 4. The molecule has 0 aliphatic carbocycles. The molecule has 0 aromatic heterocycles. The van der Waals surface area contributed by atoms with Crippen LogP contribution in [0.4, 0.5) is 52.7 Å². The summed E-state index contributed by atoms with van der Waals surface area (Å²) in [7, 11) is -6.23. The summed E-state index contributed by atoms with van der Waals surface area (Å²) in [6.07, 6.45) is 2.36. The fourth-order valence-corrected chi connectivity index (χ4v) is 13.0. The van der Waals surface area contributed by atoms with Gasteiger partial charge in [-0.15, -0.1) is 0 Å². The normalized spacial score (nSPS) is 13.1. The summed E-state index contributed by atoms with van der Waals surface area (Å²) in [4.78, 5) is 0. The fraction of sp³-hybridized carbons (Fsp3) is 0.556. The topological polar surface area (TPSA) is 229 Å². The van der Waals surface area contributed by atoms with Gasteiger partial charge in [-0.25, -0.2) is 33.7 Å². The third kappa shape index (κ3) is 33.4. The second-order valence-corrected chi connectivity index (χ2v) is 33.8. The van der Waals surface area contributed by atoms with E-state index in [1.807, 2.05) is 0 Å². The monoisotopic (exact) mass is 1570 g/mol. The molecule has 0 N–H and O–H groups in total. The quantitative estimate of drug-likeness (QED) is 0.0169. The molecule has 0 atom stereocenters. The second-order valence-electron chi connectivity index (χ2n) is 21.3. The number of hydrogen-bond donors (Lipinski definition) is 0. The Morgan fingerprint density at radius 3 is 0.527 bits per heavy atom. The van der Waals surface area contributed by atoms with Gasteiger partial charge in [-0.3, -0.25) is 0 Å². The predicted octanol–water partition coefficient (Wildman–Crippen LogP) is 10.8. The average molecular weight is 1570 g/mol. The van der Waals surface area contributed by atoms with E-state index in [1.54, 1.807) is 0 Å². The summed E-state index contributed by atoms with van der Waals surface area (Å²) in [5.41, 5.74) is -16.8. The Kier molecular flexibility index (Phi) is 38.4. The molecule has 4 rings (SSSR count). The summed E-state index contributed by atoms with van der Waals surface area (Å²) in [6.45, 7) is 32.2. The zero-order valence-electron chi connectivity index (χ0n) is 52.0. The molecule has 4 aromatic carbocycles. The molecule has 0 fully saturated rings. The number of alkyl halides is 12. The fourth-order valence-electron chi connectivity index (χ4n) is 7.69. The van der Waals surface area contributed by atoms with Crippen LogP contribution in [0.5, 0.6) is 0 Å². The first-order valence-corrected chi connectivity index (χ1v) is 40.0. The van der Waals surface area contributed by atoms with Gasteiger partial charge in [-0.05, 0) is 105 Å². The Morgan fingerprint density at radius 1 is 0.330 bits per heavy atom. The van der Waals surface area contributed by atoms with Gasteiger partial charge in [0.15, 0.2) is 40.5 Å². The van der Waals surface area contributed by atoms with E-state index in [-0.39, 0.29) is 15.9 Å². The van der Waals surface area contributed by atoms with Crippen LogP contribution < -0.4 is 21.2 Å². The van der Waals surface area contributed by atoms with Gasteiger partial charge < -0.3 is 36.1 Å². The van der Waals surface area contributed by atoms with Crippen LogP contribution in [0.25, 0.3) is 0 Å². The molecule has 0 radical (unpaired) electrons. The molecule has 37 heteroatoms. The molecular weight excluding hydrogens is 1490 g/mol. The van der Waals surface area contributed by atoms with Gasteiger partial charge in [0.2, 0.25) is 0 Å². The molecule has 0 aliphatic heterocycles. The molecule has 91 heavy (non-hydrogen) atoms. The number of halogens is 14. The van der Waals surface area contributed by atoms with Gasteiger partial charge in [0.25, 0.3) is 0 Å². The van der Waals surface area contributed by atoms with Crippen molar-refractivity contribution in [2.75, 3.05) is 92.9 Å². The molecule has 0 saturated heterocycles. The first-order chi connectivity index (χ1) is 41.1. The second kappa shape index (κ2) is 38.5. The van der Waals surface area contributed by atoms with E-state index in [1.165, 1.54) is 55.8 Å². The first kappa shape index (κ1) is 90.7. The van der Waals surface area contributed by atoms with E-state index in [0.29, 0.717) is 0 Å². The van der Waals surface area contributed by atoms with Crippen molar-refractivity contribution in [1.82, 2.24) is 0 Å². The van der Waals surface area contributed by atoms with Crippen molar-refractivity contribution < 1.29 is 138 Å². The molecule has 0 bridgehead atoms. The number of hydrogen-bond acceptors (Lipinski definition) is 12. The van der Waals surface area contributed by atoms with E-state index in [4.69, 9.17) is 70.9 Å². The molecule has 530 valence electrons. The molecule has 0 spiro atoms. The van der Waals surface area contributed by atoms with E-state index in [9.17, 15) is 52.7 Å². The average Bonchev–Trinajstić information content (AvgIpc) is 1.60. The van der Waals surface area contributed by atoms with Crippen LogP contribution in [-0.2, 0) is 82.6 Å². The molecule has 4 aromatic rings. The maximum absolute atomic E-state index is 10.7. The van der Waals surface area contributed by atoms with Crippen LogP contribution >= 0.6 is 34.9 Å². The van der Waals surface area contributed by atoms with Crippen LogP contribution in [0.3, 0.4) is 0 Å². The van der Waals surface area contributed by atoms with Gasteiger partial charge >= 0.3 is 57.0 Å². The van der Waals surface area contributed by atoms with Crippen molar-refractivity contribution in [3.8, 4) is 0 Å². The van der Waals surface area contributed by atoms with Crippen molar-refractivity contribution in [2.24, 2.45) is 0 Å². The van der Waals surface area contributed by atoms with Crippen molar-refractivity contribution in [3.63, 3.8) is 0 Å². The SMILES string of the molecule is CC[N+](C)(CC)Cc1ccc(P(CCP(c2ccc(C[N+](C)(CC)CC)cc2)c2ccc(C[N+](C)(CC)CC)cc2)c2ccc(C[N+](C)(CC)CC)cc2)cc1.O=S(=O)([O-])C(F)(F)F.O=S(=O)([O-])C(F)(F)F.O=S(=O)([O-])C(F)(F)F.O=S(=O)([O-])C(F)(F)F.[Cl][Pd][Cl]. The molecule has 0 unspecified atom stereocenters. The zero-order chi connectivity index (χ0) is 71.7. The Bertz CT molecular complexity index is 2800. The van der Waals surface area contributed by atoms with Crippen LogP contribution in [0.15, 0.2) is 97.1 Å². The van der Waals surface area contributed by atoms with Gasteiger partial charge in [0.05, 0.1) is 80.5 Å². The Hall–Kier alpha value is -2.38. The summed E-state index contributed by atoms with van der Waals surface area (Å²) in [5, 5.41) is 6.04. The standard InChI is InChI=1S/C50H80N4P2.4CHF3O3S.2ClH.Pd/c1-13-51(9,14-2)39-43-21-29-47(30-22-43)55(48-31-23-44(24-32-48)40-52(10,15-3)16-4)37-38-56(49-33-25-45(26-34-49)41-53(11,17-5)18-6)50-35-27-46(28-36-50)42-54(12,19-7)20-8;4*2-1(3,4)8(5,6)7;;;/h21-36H,13-20,37-42H2,1-12H3;4*(H,5,6,7);2*1H;/q+4;;;;;;;+2/p-6. The van der Waals surface area contributed by atoms with Gasteiger partial charge in [0, 0.05) is 22.3 Å². The molecule has 0 amide bonds. The summed E-state index contributed by atoms with van der Waals surface area (Å²) >= 11 is -0.106. The summed E-state index contributed by atoms with van der Waals surface area (Å²) in [6, 6.07) is 39.3. The Balaban J connectivity index is 0. The van der Waals surface area contributed by atoms with Crippen molar-refractivity contribution >= 4 is 96.6 Å². The third-order valence-electron chi connectivity index (χ3n) is 15.0. The number of benzene rings is 4. The third-order valence-corrected chi connectivity index (χ3v) is 22.7. The molecule has 0 saturated carbocycles. The Morgan fingerprint density at radius 2 is 0.440 bits per heavy atom. The van der Waals surface area contributed by atoms with E-state index < -0.39 is 78.3 Å². The van der Waals surface area contributed by atoms with Crippen LogP contribution in [0.2, 0.25) is 0 Å². The van der Waals surface area contributed by atoms with E-state index in [0.717, 1.165) is 96.5 Å². The molecule has 0 aliphatic rings. The molecule has 16 nitrogen and oxygen atoms in total. The predicted molar refractivity (Wildman–Crippen MR) is 326 cm³/mol. The summed E-state index contributed by atoms with van der Waals surface area (Å²) in [5.74, 6) is 0. The summed E-state index contributed by atoms with van der Waals surface area (Å²) < 4.78 is 240. The van der Waals surface area contributed by atoms with Gasteiger partial charge in [-0.2, -0.15) is 52.7 Å². The minimum absolute atomic E-state index is 0.106. The van der Waals surface area contributed by atoms with Crippen LogP contribution in [0.1, 0.15) is 77.6 Å². The first-order valence-electron chi connectivity index (χ1n) is 27.3. The Labute approximate surface area is 547 Å². The number of rotatable bonds is 23. The number of quaternary nitrogens is 4. The van der Waals surface area contributed by atoms with Crippen molar-refractivity contribution in [2.45, 2.75) is 104 Å². The zero-order valence-corrected chi connectivity index (χ0v) is 60.1. The maximum atomic E-state index is 10.7. The van der Waals surface area contributed by atoms with Crippen LogP contribution in [0, 0.1) is 0 Å². The van der Waals surface area contributed by atoms with Crippen molar-refractivity contribution in [1.29, 1.82) is 0 Å². The van der Waals surface area contributed by atoms with E-state index >= 15 is 0 Å². The van der Waals surface area contributed by atoms with Crippen molar-refractivity contribution in [3.05, 3.63) is 119 Å². The van der Waals surface area contributed by atoms with E-state index in [2.05, 4.69) is 181 Å². The minimum atomic E-state index is -6.09. The molecule has 0 heterocycles. The molecular formula is C54H80Cl2F12N4O12P2PdS4. The van der Waals surface area contributed by atoms with Crippen LogP contribution in [-0.4, -0.2) is 185 Å². The van der Waals surface area contributed by atoms with Gasteiger partial charge in [0.1, 0.15) is 26.2 Å².